The van der Waals surface area contributed by atoms with Crippen LogP contribution in [0.1, 0.15) is 11.1 Å². The normalized spacial score (nSPS) is 14.2. The highest BCUT2D eigenvalue weighted by Crippen LogP contribution is 2.10. The Morgan fingerprint density at radius 3 is 2.83 bits per heavy atom. The minimum absolute atomic E-state index is 0. The van der Waals surface area contributed by atoms with Crippen LogP contribution in [0.25, 0.3) is 0 Å². The Morgan fingerprint density at radius 1 is 1.44 bits per heavy atom. The van der Waals surface area contributed by atoms with Gasteiger partial charge in [-0.1, -0.05) is 6.07 Å². The summed E-state index contributed by atoms with van der Waals surface area (Å²) in [5.41, 5.74) is 2.19. The van der Waals surface area contributed by atoms with Crippen LogP contribution in [-0.2, 0) is 6.42 Å². The number of benzene rings is 1. The van der Waals surface area contributed by atoms with Crippen LogP contribution in [-0.4, -0.2) is 37.5 Å². The smallest absolute Gasteiger partial charge is 0.193 e. The minimum atomic E-state index is -0.167. The van der Waals surface area contributed by atoms with E-state index in [2.05, 4.69) is 15.2 Å². The summed E-state index contributed by atoms with van der Waals surface area (Å²) in [6.07, 6.45) is 0.888. The largest absolute Gasteiger partial charge is 0.356 e. The average Bonchev–Trinajstić information content (AvgIpc) is 2.68. The number of halogens is 2. The lowest BCUT2D eigenvalue weighted by Crippen LogP contribution is -2.36. The van der Waals surface area contributed by atoms with Gasteiger partial charge in [0.05, 0.1) is 6.54 Å². The number of guanidine groups is 1. The monoisotopic (exact) mass is 363 g/mol. The molecule has 1 aromatic carbocycles. The third-order valence-corrected chi connectivity index (χ3v) is 3.04. The number of likely N-dealkylation sites (N-methyl/N-ethyl adjacent to an activating group) is 1. The van der Waals surface area contributed by atoms with Gasteiger partial charge in [0.15, 0.2) is 5.96 Å². The molecule has 1 aromatic rings. The maximum absolute atomic E-state index is 12.9. The molecular weight excluding hydrogens is 344 g/mol. The van der Waals surface area contributed by atoms with Crippen molar-refractivity contribution in [2.45, 2.75) is 13.3 Å². The lowest BCUT2D eigenvalue weighted by atomic mass is 10.1. The van der Waals surface area contributed by atoms with E-state index in [1.807, 2.05) is 20.0 Å². The van der Waals surface area contributed by atoms with Crippen molar-refractivity contribution in [1.82, 2.24) is 10.2 Å². The molecule has 1 aliphatic rings. The van der Waals surface area contributed by atoms with Crippen LogP contribution in [0.3, 0.4) is 0 Å². The van der Waals surface area contributed by atoms with Gasteiger partial charge in [0, 0.05) is 20.1 Å². The molecule has 2 rings (SSSR count). The van der Waals surface area contributed by atoms with Crippen molar-refractivity contribution in [3.05, 3.63) is 35.1 Å². The molecule has 0 atom stereocenters. The molecule has 5 heteroatoms. The first-order valence-electron chi connectivity index (χ1n) is 5.91. The van der Waals surface area contributed by atoms with Crippen molar-refractivity contribution in [1.29, 1.82) is 0 Å². The van der Waals surface area contributed by atoms with Crippen LogP contribution in [0.15, 0.2) is 23.2 Å². The van der Waals surface area contributed by atoms with E-state index in [-0.39, 0.29) is 29.8 Å². The zero-order valence-corrected chi connectivity index (χ0v) is 13.1. The predicted molar refractivity (Wildman–Crippen MR) is 83.2 cm³/mol. The van der Waals surface area contributed by atoms with Crippen molar-refractivity contribution in [2.75, 3.05) is 26.7 Å². The highest BCUT2D eigenvalue weighted by atomic mass is 127. The summed E-state index contributed by atoms with van der Waals surface area (Å²) in [5.74, 6) is 0.795. The summed E-state index contributed by atoms with van der Waals surface area (Å²) < 4.78 is 12.9. The Labute approximate surface area is 124 Å². The number of rotatable bonds is 3. The third-order valence-electron chi connectivity index (χ3n) is 3.04. The fourth-order valence-corrected chi connectivity index (χ4v) is 1.97. The highest BCUT2D eigenvalue weighted by molar-refractivity contribution is 14.0. The Morgan fingerprint density at radius 2 is 2.22 bits per heavy atom. The van der Waals surface area contributed by atoms with E-state index in [0.717, 1.165) is 37.6 Å². The van der Waals surface area contributed by atoms with Crippen molar-refractivity contribution in [3.8, 4) is 0 Å². The maximum atomic E-state index is 12.9. The summed E-state index contributed by atoms with van der Waals surface area (Å²) in [6.45, 7) is 4.62. The molecule has 0 aromatic heterocycles. The van der Waals surface area contributed by atoms with Gasteiger partial charge in [-0.3, -0.25) is 4.99 Å². The third kappa shape index (κ3) is 3.83. The number of hydrogen-bond acceptors (Lipinski definition) is 3. The molecule has 0 unspecified atom stereocenters. The summed E-state index contributed by atoms with van der Waals surface area (Å²) in [4.78, 5) is 6.46. The van der Waals surface area contributed by atoms with Gasteiger partial charge in [-0.05, 0) is 36.6 Å². The minimum Gasteiger partial charge on any atom is -0.356 e. The van der Waals surface area contributed by atoms with E-state index in [1.54, 1.807) is 6.07 Å². The Kier molecular flexibility index (Phi) is 5.84. The van der Waals surface area contributed by atoms with Gasteiger partial charge in [0.25, 0.3) is 0 Å². The van der Waals surface area contributed by atoms with E-state index >= 15 is 0 Å². The average molecular weight is 363 g/mol. The number of aliphatic imine (C=N–C) groups is 1. The van der Waals surface area contributed by atoms with Crippen LogP contribution in [0.5, 0.6) is 0 Å². The van der Waals surface area contributed by atoms with Crippen LogP contribution in [0.2, 0.25) is 0 Å². The second-order valence-corrected chi connectivity index (χ2v) is 4.37. The molecule has 3 nitrogen and oxygen atoms in total. The van der Waals surface area contributed by atoms with Gasteiger partial charge in [0.1, 0.15) is 5.82 Å². The molecule has 0 aliphatic carbocycles. The molecule has 0 fully saturated rings. The van der Waals surface area contributed by atoms with E-state index in [9.17, 15) is 4.39 Å². The molecule has 0 amide bonds. The van der Waals surface area contributed by atoms with Crippen LogP contribution < -0.4 is 5.32 Å². The molecule has 1 N–H and O–H groups in total. The zero-order chi connectivity index (χ0) is 12.3. The molecular formula is C13H19FIN3. The van der Waals surface area contributed by atoms with Crippen molar-refractivity contribution < 1.29 is 4.39 Å². The fourth-order valence-electron chi connectivity index (χ4n) is 1.97. The summed E-state index contributed by atoms with van der Waals surface area (Å²) in [7, 11) is 2.03. The summed E-state index contributed by atoms with van der Waals surface area (Å²) >= 11 is 0. The first-order valence-corrected chi connectivity index (χ1v) is 5.91. The Bertz CT molecular complexity index is 434. The van der Waals surface area contributed by atoms with Gasteiger partial charge in [0.2, 0.25) is 0 Å². The summed E-state index contributed by atoms with van der Waals surface area (Å²) in [6, 6.07) is 4.95. The van der Waals surface area contributed by atoms with E-state index in [0.29, 0.717) is 0 Å². The topological polar surface area (TPSA) is 27.6 Å². The molecule has 0 bridgehead atoms. The van der Waals surface area contributed by atoms with E-state index < -0.39 is 0 Å². The van der Waals surface area contributed by atoms with Gasteiger partial charge >= 0.3 is 0 Å². The first-order chi connectivity index (χ1) is 8.16. The lowest BCUT2D eigenvalue weighted by molar-refractivity contribution is 0.534. The molecule has 1 heterocycles. The SMILES string of the molecule is Cc1cc(F)ccc1CCNC1=NCCN1C.I. The quantitative estimate of drug-likeness (QED) is 0.834. The zero-order valence-electron chi connectivity index (χ0n) is 10.7. The molecule has 18 heavy (non-hydrogen) atoms. The molecule has 100 valence electrons. The second kappa shape index (κ2) is 6.92. The standard InChI is InChI=1S/C13H18FN3.HI/c1-10-9-12(14)4-3-11(10)5-6-15-13-16-7-8-17(13)2;/h3-4,9H,5-8H2,1-2H3,(H,15,16);1H. The summed E-state index contributed by atoms with van der Waals surface area (Å²) in [5, 5.41) is 3.30. The van der Waals surface area contributed by atoms with Crippen molar-refractivity contribution in [2.24, 2.45) is 4.99 Å². The van der Waals surface area contributed by atoms with Crippen LogP contribution in [0.4, 0.5) is 4.39 Å². The van der Waals surface area contributed by atoms with Gasteiger partial charge in [-0.15, -0.1) is 24.0 Å². The molecule has 0 saturated carbocycles. The van der Waals surface area contributed by atoms with Crippen LogP contribution >= 0.6 is 24.0 Å². The predicted octanol–water partition coefficient (Wildman–Crippen LogP) is 2.19. The highest BCUT2D eigenvalue weighted by Gasteiger charge is 2.11. The van der Waals surface area contributed by atoms with E-state index in [4.69, 9.17) is 0 Å². The number of aryl methyl sites for hydroxylation is 1. The molecule has 1 aliphatic heterocycles. The Balaban J connectivity index is 0.00000162. The first kappa shape index (κ1) is 15.2. The van der Waals surface area contributed by atoms with Crippen LogP contribution in [0, 0.1) is 12.7 Å². The van der Waals surface area contributed by atoms with Gasteiger partial charge in [-0.25, -0.2) is 4.39 Å². The lowest BCUT2D eigenvalue weighted by Gasteiger charge is -2.15. The molecule has 0 spiro atoms. The number of nitrogens with zero attached hydrogens (tertiary/aromatic N) is 2. The number of hydrogen-bond donors (Lipinski definition) is 1. The molecule has 0 radical (unpaired) electrons. The van der Waals surface area contributed by atoms with E-state index in [1.165, 1.54) is 11.6 Å². The van der Waals surface area contributed by atoms with Gasteiger partial charge in [-0.2, -0.15) is 0 Å². The van der Waals surface area contributed by atoms with Crippen molar-refractivity contribution in [3.63, 3.8) is 0 Å². The second-order valence-electron chi connectivity index (χ2n) is 4.37. The maximum Gasteiger partial charge on any atom is 0.193 e. The Hall–Kier alpha value is -0.850. The number of nitrogens with one attached hydrogen (secondary N) is 1. The van der Waals surface area contributed by atoms with Gasteiger partial charge < -0.3 is 10.2 Å². The fraction of sp³-hybridized carbons (Fsp3) is 0.462. The van der Waals surface area contributed by atoms with Crippen molar-refractivity contribution >= 4 is 29.9 Å². The molecule has 0 saturated heterocycles.